The quantitative estimate of drug-likeness (QED) is 0.621. The summed E-state index contributed by atoms with van der Waals surface area (Å²) in [5.41, 5.74) is 6.05. The standard InChI is InChI=1S/C10H9ClN4OS.CH4.ClH/c11-7-3-1-6(2-4-7)9-14-8(16-15-9)5-17-10(12)13;;/h1-4H,5H2,(H3,12,13);1H4;1H/p-1. The Hall–Kier alpha value is -1.24. The number of nitrogens with zero attached hydrogens (tertiary/aromatic N) is 2. The van der Waals surface area contributed by atoms with Crippen molar-refractivity contribution in [1.82, 2.24) is 10.1 Å². The molecule has 0 atom stereocenters. The SMILES string of the molecule is C.N=C(N)SCc1nc(-c2ccc(Cl)cc2)no1.[Cl-]. The Morgan fingerprint density at radius 2 is 2.00 bits per heavy atom. The van der Waals surface area contributed by atoms with Crippen LogP contribution in [0.15, 0.2) is 28.8 Å². The maximum atomic E-state index is 7.07. The van der Waals surface area contributed by atoms with Gasteiger partial charge in [0.15, 0.2) is 5.17 Å². The van der Waals surface area contributed by atoms with E-state index in [0.29, 0.717) is 22.5 Å². The van der Waals surface area contributed by atoms with E-state index in [0.717, 1.165) is 17.3 Å². The predicted octanol–water partition coefficient (Wildman–Crippen LogP) is 0.157. The highest BCUT2D eigenvalue weighted by atomic mass is 35.5. The van der Waals surface area contributed by atoms with Crippen LogP contribution in [0.25, 0.3) is 11.4 Å². The molecule has 8 heteroatoms. The number of hydrogen-bond acceptors (Lipinski definition) is 5. The van der Waals surface area contributed by atoms with Crippen molar-refractivity contribution in [3.63, 3.8) is 0 Å². The minimum atomic E-state index is 0. The first-order chi connectivity index (χ1) is 8.15. The summed E-state index contributed by atoms with van der Waals surface area (Å²) in [6, 6.07) is 7.15. The molecule has 0 aliphatic heterocycles. The Morgan fingerprint density at radius 3 is 2.58 bits per heavy atom. The van der Waals surface area contributed by atoms with Crippen molar-refractivity contribution < 1.29 is 16.9 Å². The van der Waals surface area contributed by atoms with Crippen molar-refractivity contribution in [2.45, 2.75) is 13.2 Å². The first kappa shape index (κ1) is 17.8. The summed E-state index contributed by atoms with van der Waals surface area (Å²) in [6.07, 6.45) is 0. The average molecular weight is 320 g/mol. The van der Waals surface area contributed by atoms with E-state index in [2.05, 4.69) is 10.1 Å². The van der Waals surface area contributed by atoms with E-state index in [4.69, 9.17) is 27.3 Å². The van der Waals surface area contributed by atoms with Crippen molar-refractivity contribution in [2.75, 3.05) is 0 Å². The van der Waals surface area contributed by atoms with Gasteiger partial charge in [-0.15, -0.1) is 0 Å². The zero-order valence-corrected chi connectivity index (χ0v) is 11.4. The van der Waals surface area contributed by atoms with Crippen molar-refractivity contribution in [3.8, 4) is 11.4 Å². The van der Waals surface area contributed by atoms with Crippen molar-refractivity contribution in [3.05, 3.63) is 35.2 Å². The summed E-state index contributed by atoms with van der Waals surface area (Å²) < 4.78 is 5.03. The number of benzene rings is 1. The highest BCUT2D eigenvalue weighted by molar-refractivity contribution is 8.12. The molecule has 0 aliphatic rings. The number of amidine groups is 1. The fourth-order valence-electron chi connectivity index (χ4n) is 1.17. The first-order valence-electron chi connectivity index (χ1n) is 4.70. The Morgan fingerprint density at radius 1 is 1.37 bits per heavy atom. The van der Waals surface area contributed by atoms with Crippen LogP contribution in [0.2, 0.25) is 5.02 Å². The highest BCUT2D eigenvalue weighted by Gasteiger charge is 2.08. The minimum Gasteiger partial charge on any atom is -1.00 e. The van der Waals surface area contributed by atoms with Gasteiger partial charge in [-0.3, -0.25) is 5.41 Å². The summed E-state index contributed by atoms with van der Waals surface area (Å²) >= 11 is 6.92. The number of hydrogen-bond donors (Lipinski definition) is 2. The van der Waals surface area contributed by atoms with Crippen LogP contribution in [0.4, 0.5) is 0 Å². The number of thioether (sulfide) groups is 1. The molecule has 19 heavy (non-hydrogen) atoms. The maximum Gasteiger partial charge on any atom is 0.237 e. The zero-order valence-electron chi connectivity index (χ0n) is 9.06. The van der Waals surface area contributed by atoms with Gasteiger partial charge >= 0.3 is 0 Å². The van der Waals surface area contributed by atoms with Gasteiger partial charge in [0.25, 0.3) is 0 Å². The van der Waals surface area contributed by atoms with Crippen LogP contribution in [-0.4, -0.2) is 15.3 Å². The Labute approximate surface area is 126 Å². The van der Waals surface area contributed by atoms with Crippen molar-refractivity contribution in [2.24, 2.45) is 5.73 Å². The lowest BCUT2D eigenvalue weighted by Gasteiger charge is -1.93. The van der Waals surface area contributed by atoms with Gasteiger partial charge in [0.05, 0.1) is 5.75 Å². The molecular formula is C11H13Cl2N4OS-. The molecule has 2 rings (SSSR count). The largest absolute Gasteiger partial charge is 1.00 e. The number of aromatic nitrogens is 2. The van der Waals surface area contributed by atoms with Gasteiger partial charge in [-0.1, -0.05) is 35.9 Å². The summed E-state index contributed by atoms with van der Waals surface area (Å²) in [6.45, 7) is 0. The molecule has 0 fully saturated rings. The lowest BCUT2D eigenvalue weighted by molar-refractivity contribution is -0.00000468. The van der Waals surface area contributed by atoms with E-state index in [1.54, 1.807) is 12.1 Å². The molecule has 0 unspecified atom stereocenters. The van der Waals surface area contributed by atoms with Crippen molar-refractivity contribution >= 4 is 28.5 Å². The maximum absolute atomic E-state index is 7.07. The van der Waals surface area contributed by atoms with Crippen LogP contribution in [0.1, 0.15) is 13.3 Å². The molecule has 0 radical (unpaired) electrons. The van der Waals surface area contributed by atoms with Gasteiger partial charge in [0.1, 0.15) is 0 Å². The Balaban J connectivity index is 0.00000162. The minimum absolute atomic E-state index is 0. The monoisotopic (exact) mass is 319 g/mol. The molecule has 2 aromatic rings. The van der Waals surface area contributed by atoms with Crippen LogP contribution in [0, 0.1) is 5.41 Å². The van der Waals surface area contributed by atoms with Crippen LogP contribution in [0.3, 0.4) is 0 Å². The van der Waals surface area contributed by atoms with Crippen LogP contribution < -0.4 is 18.1 Å². The topological polar surface area (TPSA) is 88.8 Å². The molecule has 3 N–H and O–H groups in total. The van der Waals surface area contributed by atoms with Gasteiger partial charge in [-0.05, 0) is 24.3 Å². The van der Waals surface area contributed by atoms with Gasteiger partial charge in [-0.25, -0.2) is 0 Å². The Bertz CT molecular complexity index is 530. The number of halogens is 2. The van der Waals surface area contributed by atoms with Crippen LogP contribution in [-0.2, 0) is 5.75 Å². The lowest BCUT2D eigenvalue weighted by Crippen LogP contribution is -3.00. The molecule has 1 aromatic carbocycles. The van der Waals surface area contributed by atoms with Crippen molar-refractivity contribution in [1.29, 1.82) is 5.41 Å². The van der Waals surface area contributed by atoms with E-state index < -0.39 is 0 Å². The van der Waals surface area contributed by atoms with Gasteiger partial charge in [0, 0.05) is 10.6 Å². The third-order valence-corrected chi connectivity index (χ3v) is 2.88. The fraction of sp³-hybridized carbons (Fsp3) is 0.182. The zero-order chi connectivity index (χ0) is 12.3. The number of nitrogens with one attached hydrogen (secondary N) is 1. The highest BCUT2D eigenvalue weighted by Crippen LogP contribution is 2.19. The molecule has 0 amide bonds. The van der Waals surface area contributed by atoms with E-state index in [1.165, 1.54) is 0 Å². The Kier molecular flexibility index (Phi) is 7.51. The molecule has 1 aromatic heterocycles. The van der Waals surface area contributed by atoms with E-state index in [-0.39, 0.29) is 25.0 Å². The number of nitrogens with two attached hydrogens (primary N) is 1. The molecular weight excluding hydrogens is 307 g/mol. The van der Waals surface area contributed by atoms with Gasteiger partial charge in [0.2, 0.25) is 11.7 Å². The van der Waals surface area contributed by atoms with Gasteiger partial charge in [-0.2, -0.15) is 4.98 Å². The van der Waals surface area contributed by atoms with E-state index >= 15 is 0 Å². The molecule has 1 heterocycles. The molecule has 5 nitrogen and oxygen atoms in total. The average Bonchev–Trinajstić information content (AvgIpc) is 2.76. The summed E-state index contributed by atoms with van der Waals surface area (Å²) in [7, 11) is 0. The third-order valence-electron chi connectivity index (χ3n) is 1.92. The smallest absolute Gasteiger partial charge is 0.237 e. The molecule has 0 bridgehead atoms. The first-order valence-corrected chi connectivity index (χ1v) is 6.07. The predicted molar refractivity (Wildman–Crippen MR) is 74.7 cm³/mol. The fourth-order valence-corrected chi connectivity index (χ4v) is 1.69. The summed E-state index contributed by atoms with van der Waals surface area (Å²) in [5.74, 6) is 1.34. The van der Waals surface area contributed by atoms with Gasteiger partial charge < -0.3 is 22.7 Å². The lowest BCUT2D eigenvalue weighted by atomic mass is 10.2. The molecule has 0 saturated heterocycles. The molecule has 0 aliphatic carbocycles. The van der Waals surface area contributed by atoms with Crippen LogP contribution >= 0.6 is 23.4 Å². The number of rotatable bonds is 3. The van der Waals surface area contributed by atoms with E-state index in [1.807, 2.05) is 12.1 Å². The second-order valence-electron chi connectivity index (χ2n) is 3.17. The van der Waals surface area contributed by atoms with E-state index in [9.17, 15) is 0 Å². The molecule has 0 spiro atoms. The second kappa shape index (κ2) is 8.04. The third kappa shape index (κ3) is 5.10. The summed E-state index contributed by atoms with van der Waals surface area (Å²) in [5, 5.41) is 11.6. The second-order valence-corrected chi connectivity index (χ2v) is 4.63. The molecule has 0 saturated carbocycles. The normalized spacial score (nSPS) is 9.32. The van der Waals surface area contributed by atoms with Crippen LogP contribution in [0.5, 0.6) is 0 Å². The molecule has 104 valence electrons. The summed E-state index contributed by atoms with van der Waals surface area (Å²) in [4.78, 5) is 4.19.